The molecular weight excluding hydrogens is 218 g/mol. The molecule has 1 aromatic rings. The molecule has 5 nitrogen and oxygen atoms in total. The van der Waals surface area contributed by atoms with Gasteiger partial charge in [-0.15, -0.1) is 0 Å². The van der Waals surface area contributed by atoms with Crippen molar-refractivity contribution in [2.24, 2.45) is 7.05 Å². The summed E-state index contributed by atoms with van der Waals surface area (Å²) in [5.41, 5.74) is 3.52. The van der Waals surface area contributed by atoms with Crippen LogP contribution in [0.4, 0.5) is 0 Å². The molecule has 2 N–H and O–H groups in total. The smallest absolute Gasteiger partial charge is 0.0698 e. The number of nitrogens with one attached hydrogen (secondary N) is 1. The first-order valence-electron chi connectivity index (χ1n) is 6.00. The van der Waals surface area contributed by atoms with Crippen LogP contribution in [0.5, 0.6) is 0 Å². The van der Waals surface area contributed by atoms with Gasteiger partial charge in [0.15, 0.2) is 0 Å². The zero-order valence-corrected chi connectivity index (χ0v) is 11.2. The molecule has 0 radical (unpaired) electrons. The molecule has 5 heteroatoms. The van der Waals surface area contributed by atoms with Gasteiger partial charge in [-0.1, -0.05) is 0 Å². The second-order valence-electron chi connectivity index (χ2n) is 4.22. The van der Waals surface area contributed by atoms with Gasteiger partial charge in [-0.3, -0.25) is 4.68 Å². The van der Waals surface area contributed by atoms with E-state index in [1.165, 1.54) is 11.3 Å². The largest absolute Gasteiger partial charge is 0.394 e. The molecule has 0 aliphatic rings. The molecule has 0 saturated carbocycles. The van der Waals surface area contributed by atoms with Crippen molar-refractivity contribution in [2.75, 3.05) is 26.4 Å². The second kappa shape index (κ2) is 6.74. The van der Waals surface area contributed by atoms with Crippen LogP contribution in [0.3, 0.4) is 0 Å². The third-order valence-corrected chi connectivity index (χ3v) is 2.93. The molecule has 0 fully saturated rings. The molecule has 98 valence electrons. The maximum Gasteiger partial charge on any atom is 0.0698 e. The van der Waals surface area contributed by atoms with Gasteiger partial charge in [0.1, 0.15) is 0 Å². The monoisotopic (exact) mass is 241 g/mol. The van der Waals surface area contributed by atoms with Crippen LogP contribution in [0, 0.1) is 13.8 Å². The fraction of sp³-hybridized carbons (Fsp3) is 0.750. The Morgan fingerprint density at radius 1 is 1.41 bits per heavy atom. The highest BCUT2D eigenvalue weighted by molar-refractivity contribution is 5.27. The Morgan fingerprint density at radius 3 is 2.65 bits per heavy atom. The number of aliphatic hydroxyl groups excluding tert-OH is 1. The first-order chi connectivity index (χ1) is 8.07. The summed E-state index contributed by atoms with van der Waals surface area (Å²) in [6, 6.07) is 0.265. The molecule has 1 aromatic heterocycles. The van der Waals surface area contributed by atoms with E-state index in [-0.39, 0.29) is 12.6 Å². The van der Waals surface area contributed by atoms with Gasteiger partial charge in [0.05, 0.1) is 25.5 Å². The minimum atomic E-state index is 0.0797. The molecule has 0 aromatic carbocycles. The Kier molecular flexibility index (Phi) is 5.61. The third-order valence-electron chi connectivity index (χ3n) is 2.93. The van der Waals surface area contributed by atoms with E-state index in [1.807, 2.05) is 18.7 Å². The molecule has 1 atom stereocenters. The van der Waals surface area contributed by atoms with Crippen molar-refractivity contribution < 1.29 is 9.84 Å². The second-order valence-corrected chi connectivity index (χ2v) is 4.22. The predicted molar refractivity (Wildman–Crippen MR) is 67.0 cm³/mol. The first-order valence-corrected chi connectivity index (χ1v) is 6.00. The number of aromatic nitrogens is 2. The summed E-state index contributed by atoms with van der Waals surface area (Å²) in [5.74, 6) is 0. The van der Waals surface area contributed by atoms with E-state index in [0.29, 0.717) is 13.2 Å². The van der Waals surface area contributed by atoms with Crippen molar-refractivity contribution in [3.05, 3.63) is 17.0 Å². The summed E-state index contributed by atoms with van der Waals surface area (Å²) in [6.07, 6.45) is 0. The van der Waals surface area contributed by atoms with Crippen molar-refractivity contribution in [3.8, 4) is 0 Å². The Morgan fingerprint density at radius 2 is 2.12 bits per heavy atom. The summed E-state index contributed by atoms with van der Waals surface area (Å²) in [5, 5.41) is 16.4. The number of hydrogen-bond donors (Lipinski definition) is 2. The quantitative estimate of drug-likeness (QED) is 0.690. The summed E-state index contributed by atoms with van der Waals surface area (Å²) >= 11 is 0. The molecule has 17 heavy (non-hydrogen) atoms. The molecule has 0 amide bonds. The Labute approximate surface area is 103 Å². The van der Waals surface area contributed by atoms with Crippen molar-refractivity contribution in [1.29, 1.82) is 0 Å². The summed E-state index contributed by atoms with van der Waals surface area (Å²) < 4.78 is 7.11. The molecule has 0 spiro atoms. The Balaban J connectivity index is 2.44. The van der Waals surface area contributed by atoms with Crippen LogP contribution in [-0.2, 0) is 11.8 Å². The Bertz CT molecular complexity index is 350. The number of rotatable bonds is 7. The number of ether oxygens (including phenoxy) is 1. The van der Waals surface area contributed by atoms with E-state index in [4.69, 9.17) is 9.84 Å². The normalized spacial score (nSPS) is 13.0. The number of hydrogen-bond acceptors (Lipinski definition) is 4. The van der Waals surface area contributed by atoms with Crippen LogP contribution in [0.1, 0.15) is 29.9 Å². The SMILES string of the molecule is Cc1nn(C)c(C)c1C(C)NCCOCCO. The minimum absolute atomic E-state index is 0.0797. The maximum absolute atomic E-state index is 8.57. The zero-order valence-electron chi connectivity index (χ0n) is 11.2. The van der Waals surface area contributed by atoms with Crippen molar-refractivity contribution in [3.63, 3.8) is 0 Å². The molecule has 1 heterocycles. The molecule has 0 aliphatic carbocycles. The molecule has 0 bridgehead atoms. The maximum atomic E-state index is 8.57. The van der Waals surface area contributed by atoms with Gasteiger partial charge in [-0.25, -0.2) is 0 Å². The van der Waals surface area contributed by atoms with E-state index < -0.39 is 0 Å². The lowest BCUT2D eigenvalue weighted by atomic mass is 10.1. The average Bonchev–Trinajstić information content (AvgIpc) is 2.53. The molecule has 1 rings (SSSR count). The lowest BCUT2D eigenvalue weighted by molar-refractivity contribution is 0.0928. The minimum Gasteiger partial charge on any atom is -0.394 e. The fourth-order valence-electron chi connectivity index (χ4n) is 2.03. The van der Waals surface area contributed by atoms with E-state index >= 15 is 0 Å². The highest BCUT2D eigenvalue weighted by Crippen LogP contribution is 2.20. The van der Waals surface area contributed by atoms with Gasteiger partial charge in [0, 0.05) is 30.9 Å². The van der Waals surface area contributed by atoms with Crippen LogP contribution in [0.25, 0.3) is 0 Å². The zero-order chi connectivity index (χ0) is 12.8. The van der Waals surface area contributed by atoms with Crippen LogP contribution in [0.15, 0.2) is 0 Å². The van der Waals surface area contributed by atoms with Gasteiger partial charge in [-0.05, 0) is 20.8 Å². The average molecular weight is 241 g/mol. The van der Waals surface area contributed by atoms with Crippen molar-refractivity contribution >= 4 is 0 Å². The number of nitrogens with zero attached hydrogens (tertiary/aromatic N) is 2. The number of aryl methyl sites for hydroxylation is 2. The first kappa shape index (κ1) is 14.2. The third kappa shape index (κ3) is 3.80. The van der Waals surface area contributed by atoms with Gasteiger partial charge in [-0.2, -0.15) is 5.10 Å². The highest BCUT2D eigenvalue weighted by atomic mass is 16.5. The van der Waals surface area contributed by atoms with Crippen molar-refractivity contribution in [1.82, 2.24) is 15.1 Å². The highest BCUT2D eigenvalue weighted by Gasteiger charge is 2.15. The predicted octanol–water partition coefficient (Wildman–Crippen LogP) is 0.696. The van der Waals surface area contributed by atoms with E-state index in [1.54, 1.807) is 0 Å². The standard InChI is InChI=1S/C12H23N3O2/c1-9(13-5-7-17-8-6-16)12-10(2)14-15(4)11(12)3/h9,13,16H,5-8H2,1-4H3. The summed E-state index contributed by atoms with van der Waals surface area (Å²) in [4.78, 5) is 0. The van der Waals surface area contributed by atoms with Gasteiger partial charge < -0.3 is 15.2 Å². The Hall–Kier alpha value is -0.910. The van der Waals surface area contributed by atoms with Crippen LogP contribution in [-0.4, -0.2) is 41.3 Å². The lowest BCUT2D eigenvalue weighted by Crippen LogP contribution is -2.24. The van der Waals surface area contributed by atoms with Gasteiger partial charge in [0.2, 0.25) is 0 Å². The van der Waals surface area contributed by atoms with Crippen LogP contribution in [0.2, 0.25) is 0 Å². The topological polar surface area (TPSA) is 59.3 Å². The van der Waals surface area contributed by atoms with E-state index in [2.05, 4.69) is 24.3 Å². The van der Waals surface area contributed by atoms with E-state index in [0.717, 1.165) is 12.2 Å². The van der Waals surface area contributed by atoms with Gasteiger partial charge >= 0.3 is 0 Å². The lowest BCUT2D eigenvalue weighted by Gasteiger charge is -2.14. The summed E-state index contributed by atoms with van der Waals surface area (Å²) in [6.45, 7) is 8.11. The van der Waals surface area contributed by atoms with Crippen molar-refractivity contribution in [2.45, 2.75) is 26.8 Å². The van der Waals surface area contributed by atoms with Gasteiger partial charge in [0.25, 0.3) is 0 Å². The summed E-state index contributed by atoms with van der Waals surface area (Å²) in [7, 11) is 1.96. The molecule has 1 unspecified atom stereocenters. The van der Waals surface area contributed by atoms with E-state index in [9.17, 15) is 0 Å². The number of aliphatic hydroxyl groups is 1. The van der Waals surface area contributed by atoms with Crippen LogP contribution < -0.4 is 5.32 Å². The molecule has 0 saturated heterocycles. The van der Waals surface area contributed by atoms with Crippen LogP contribution >= 0.6 is 0 Å². The molecular formula is C12H23N3O2. The molecule has 0 aliphatic heterocycles. The fourth-order valence-corrected chi connectivity index (χ4v) is 2.03.